The Balaban J connectivity index is 1.89. The summed E-state index contributed by atoms with van der Waals surface area (Å²) in [6.07, 6.45) is 0. The molecule has 1 atom stereocenters. The van der Waals surface area contributed by atoms with Gasteiger partial charge in [0.15, 0.2) is 21.8 Å². The molecule has 0 saturated carbocycles. The lowest BCUT2D eigenvalue weighted by molar-refractivity contribution is 0.281. The average Bonchev–Trinajstić information content (AvgIpc) is 2.96. The van der Waals surface area contributed by atoms with Gasteiger partial charge in [0.25, 0.3) is 0 Å². The van der Waals surface area contributed by atoms with Crippen molar-refractivity contribution >= 4 is 44.4 Å². The van der Waals surface area contributed by atoms with Crippen molar-refractivity contribution in [2.24, 2.45) is 0 Å². The summed E-state index contributed by atoms with van der Waals surface area (Å²) in [6, 6.07) is 5.15. The molecule has 9 heteroatoms. The molecule has 0 aliphatic rings. The summed E-state index contributed by atoms with van der Waals surface area (Å²) in [5.41, 5.74) is 7.49. The molecule has 0 amide bonds. The van der Waals surface area contributed by atoms with Gasteiger partial charge in [-0.15, -0.1) is 0 Å². The summed E-state index contributed by atoms with van der Waals surface area (Å²) in [5, 5.41) is 13.3. The number of aliphatic hydroxyl groups is 1. The molecule has 0 aliphatic carbocycles. The maximum Gasteiger partial charge on any atom is 0.191 e. The maximum atomic E-state index is 14.1. The molecule has 25 heavy (non-hydrogen) atoms. The number of nitrogens with zero attached hydrogens (tertiary/aromatic N) is 3. The van der Waals surface area contributed by atoms with Crippen LogP contribution in [0.15, 0.2) is 23.4 Å². The number of anilines is 2. The summed E-state index contributed by atoms with van der Waals surface area (Å²) in [4.78, 5) is 13.1. The van der Waals surface area contributed by atoms with Crippen molar-refractivity contribution in [1.82, 2.24) is 15.0 Å². The van der Waals surface area contributed by atoms with Gasteiger partial charge in [-0.25, -0.2) is 19.3 Å². The first-order valence-electron chi connectivity index (χ1n) is 7.66. The SMILES string of the molecule is Cc1cccc(CSc2nc(N[C@H](C)CO)c3sc(N)nc3n2)c1F. The number of benzene rings is 1. The van der Waals surface area contributed by atoms with Gasteiger partial charge in [0.05, 0.1) is 6.61 Å². The molecular weight excluding hydrogens is 361 g/mol. The minimum absolute atomic E-state index is 0.0310. The minimum Gasteiger partial charge on any atom is -0.394 e. The molecule has 2 aromatic heterocycles. The molecule has 0 saturated heterocycles. The zero-order valence-corrected chi connectivity index (χ0v) is 15.4. The Morgan fingerprint density at radius 3 is 2.92 bits per heavy atom. The van der Waals surface area contributed by atoms with E-state index in [1.165, 1.54) is 23.1 Å². The van der Waals surface area contributed by atoms with Crippen molar-refractivity contribution in [3.63, 3.8) is 0 Å². The van der Waals surface area contributed by atoms with Crippen molar-refractivity contribution in [3.05, 3.63) is 35.1 Å². The molecule has 3 aromatic rings. The van der Waals surface area contributed by atoms with E-state index in [4.69, 9.17) is 5.73 Å². The van der Waals surface area contributed by atoms with Gasteiger partial charge < -0.3 is 16.2 Å². The normalized spacial score (nSPS) is 12.5. The third-order valence-electron chi connectivity index (χ3n) is 3.54. The lowest BCUT2D eigenvalue weighted by atomic mass is 10.1. The molecule has 0 aliphatic heterocycles. The quantitative estimate of drug-likeness (QED) is 0.447. The van der Waals surface area contributed by atoms with Crippen LogP contribution >= 0.6 is 23.1 Å². The molecule has 3 rings (SSSR count). The first-order chi connectivity index (χ1) is 12.0. The van der Waals surface area contributed by atoms with Crippen LogP contribution in [0.25, 0.3) is 10.3 Å². The number of halogens is 1. The lowest BCUT2D eigenvalue weighted by Crippen LogP contribution is -2.20. The summed E-state index contributed by atoms with van der Waals surface area (Å²) in [7, 11) is 0. The van der Waals surface area contributed by atoms with Gasteiger partial charge in [-0.05, 0) is 25.0 Å². The molecule has 4 N–H and O–H groups in total. The number of aryl methyl sites for hydroxylation is 1. The zero-order valence-electron chi connectivity index (χ0n) is 13.8. The smallest absolute Gasteiger partial charge is 0.191 e. The van der Waals surface area contributed by atoms with Crippen LogP contribution in [0, 0.1) is 12.7 Å². The number of thiazole rings is 1. The summed E-state index contributed by atoms with van der Waals surface area (Å²) < 4.78 is 14.9. The van der Waals surface area contributed by atoms with Gasteiger partial charge in [-0.2, -0.15) is 0 Å². The Bertz CT molecular complexity index is 902. The van der Waals surface area contributed by atoms with Crippen molar-refractivity contribution in [2.75, 3.05) is 17.7 Å². The van der Waals surface area contributed by atoms with Crippen LogP contribution in [0.2, 0.25) is 0 Å². The number of rotatable bonds is 6. The summed E-state index contributed by atoms with van der Waals surface area (Å²) in [6.45, 7) is 3.55. The Labute approximate surface area is 152 Å². The number of nitrogen functional groups attached to an aromatic ring is 1. The fourth-order valence-electron chi connectivity index (χ4n) is 2.22. The van der Waals surface area contributed by atoms with Gasteiger partial charge in [0, 0.05) is 11.8 Å². The molecule has 6 nitrogen and oxygen atoms in total. The largest absolute Gasteiger partial charge is 0.394 e. The second-order valence-electron chi connectivity index (χ2n) is 5.62. The van der Waals surface area contributed by atoms with E-state index in [9.17, 15) is 9.50 Å². The number of aromatic nitrogens is 3. The molecule has 1 aromatic carbocycles. The van der Waals surface area contributed by atoms with Crippen LogP contribution in [0.5, 0.6) is 0 Å². The number of nitrogens with one attached hydrogen (secondary N) is 1. The number of aliphatic hydroxyl groups excluding tert-OH is 1. The van der Waals surface area contributed by atoms with Crippen molar-refractivity contribution in [3.8, 4) is 0 Å². The predicted molar refractivity (Wildman–Crippen MR) is 100 cm³/mol. The van der Waals surface area contributed by atoms with E-state index in [1.54, 1.807) is 19.1 Å². The minimum atomic E-state index is -0.207. The fourth-order valence-corrected chi connectivity index (χ4v) is 3.76. The van der Waals surface area contributed by atoms with Crippen molar-refractivity contribution in [1.29, 1.82) is 0 Å². The highest BCUT2D eigenvalue weighted by Gasteiger charge is 2.15. The van der Waals surface area contributed by atoms with Gasteiger partial charge in [-0.1, -0.05) is 41.3 Å². The van der Waals surface area contributed by atoms with Crippen LogP contribution in [0.4, 0.5) is 15.3 Å². The number of fused-ring (bicyclic) bond motifs is 1. The summed E-state index contributed by atoms with van der Waals surface area (Å²) >= 11 is 2.62. The third-order valence-corrected chi connectivity index (χ3v) is 5.31. The second kappa shape index (κ2) is 7.51. The maximum absolute atomic E-state index is 14.1. The molecule has 132 valence electrons. The Morgan fingerprint density at radius 1 is 1.36 bits per heavy atom. The standard InChI is InChI=1S/C16H18FN5OS2/c1-8-4-3-5-10(11(8)17)7-24-16-21-13(19-9(2)6-23)12-14(22-16)20-15(18)25-12/h3-5,9,23H,6-7H2,1-2H3,(H3,18,19,20,21,22)/t9-/m1/s1. The topological polar surface area (TPSA) is 97.0 Å². The van der Waals surface area contributed by atoms with Crippen LogP contribution < -0.4 is 11.1 Å². The van der Waals surface area contributed by atoms with Gasteiger partial charge in [0.1, 0.15) is 10.5 Å². The van der Waals surface area contributed by atoms with E-state index in [0.717, 1.165) is 4.70 Å². The van der Waals surface area contributed by atoms with Crippen LogP contribution in [-0.4, -0.2) is 32.7 Å². The number of nitrogens with two attached hydrogens (primary N) is 1. The highest BCUT2D eigenvalue weighted by atomic mass is 32.2. The predicted octanol–water partition coefficient (Wildman–Crippen LogP) is 3.20. The molecule has 0 spiro atoms. The van der Waals surface area contributed by atoms with E-state index >= 15 is 0 Å². The fraction of sp³-hybridized carbons (Fsp3) is 0.312. The Kier molecular flexibility index (Phi) is 5.36. The summed E-state index contributed by atoms with van der Waals surface area (Å²) in [5.74, 6) is 0.780. The molecule has 2 heterocycles. The van der Waals surface area contributed by atoms with E-state index < -0.39 is 0 Å². The van der Waals surface area contributed by atoms with E-state index in [-0.39, 0.29) is 18.5 Å². The molecule has 0 unspecified atom stereocenters. The Morgan fingerprint density at radius 2 is 2.16 bits per heavy atom. The first-order valence-corrected chi connectivity index (χ1v) is 9.46. The number of hydrogen-bond donors (Lipinski definition) is 3. The monoisotopic (exact) mass is 379 g/mol. The Hall–Kier alpha value is -1.97. The van der Waals surface area contributed by atoms with E-state index in [2.05, 4.69) is 20.3 Å². The van der Waals surface area contributed by atoms with Crippen LogP contribution in [-0.2, 0) is 5.75 Å². The molecule has 0 bridgehead atoms. The van der Waals surface area contributed by atoms with E-state index in [1.807, 2.05) is 13.0 Å². The van der Waals surface area contributed by atoms with Crippen LogP contribution in [0.1, 0.15) is 18.1 Å². The van der Waals surface area contributed by atoms with Gasteiger partial charge in [-0.3, -0.25) is 0 Å². The van der Waals surface area contributed by atoms with Crippen molar-refractivity contribution in [2.45, 2.75) is 30.8 Å². The molecular formula is C16H18FN5OS2. The molecule has 0 fully saturated rings. The third kappa shape index (κ3) is 4.00. The average molecular weight is 379 g/mol. The van der Waals surface area contributed by atoms with Gasteiger partial charge in [0.2, 0.25) is 0 Å². The highest BCUT2D eigenvalue weighted by molar-refractivity contribution is 7.98. The lowest BCUT2D eigenvalue weighted by Gasteiger charge is -2.12. The highest BCUT2D eigenvalue weighted by Crippen LogP contribution is 2.32. The van der Waals surface area contributed by atoms with E-state index in [0.29, 0.717) is 38.6 Å². The first kappa shape index (κ1) is 17.8. The zero-order chi connectivity index (χ0) is 18.0. The number of thioether (sulfide) groups is 1. The second-order valence-corrected chi connectivity index (χ2v) is 7.60. The van der Waals surface area contributed by atoms with Crippen molar-refractivity contribution < 1.29 is 9.50 Å². The van der Waals surface area contributed by atoms with Crippen LogP contribution in [0.3, 0.4) is 0 Å². The number of hydrogen-bond acceptors (Lipinski definition) is 8. The molecule has 0 radical (unpaired) electrons. The van der Waals surface area contributed by atoms with Gasteiger partial charge >= 0.3 is 0 Å².